The van der Waals surface area contributed by atoms with Crippen LogP contribution in [0.4, 0.5) is 4.39 Å². The van der Waals surface area contributed by atoms with E-state index in [4.69, 9.17) is 0 Å². The number of aromatic nitrogens is 2. The lowest BCUT2D eigenvalue weighted by molar-refractivity contribution is -0.123. The van der Waals surface area contributed by atoms with Crippen LogP contribution in [0.3, 0.4) is 0 Å². The molecule has 1 aromatic heterocycles. The van der Waals surface area contributed by atoms with E-state index in [9.17, 15) is 9.18 Å². The maximum absolute atomic E-state index is 13.2. The number of halogens is 1. The van der Waals surface area contributed by atoms with Gasteiger partial charge in [-0.15, -0.1) is 0 Å². The number of carbonyl (C=O) groups is 1. The molecule has 0 radical (unpaired) electrons. The molecule has 138 valence electrons. The van der Waals surface area contributed by atoms with Gasteiger partial charge in [0.05, 0.1) is 24.5 Å². The second kappa shape index (κ2) is 7.58. The van der Waals surface area contributed by atoms with Crippen molar-refractivity contribution in [3.63, 3.8) is 0 Å². The molecule has 2 heterocycles. The molecule has 1 aliphatic heterocycles. The van der Waals surface area contributed by atoms with Crippen molar-refractivity contribution in [2.45, 2.75) is 44.6 Å². The van der Waals surface area contributed by atoms with Crippen LogP contribution in [0.5, 0.6) is 0 Å². The van der Waals surface area contributed by atoms with E-state index in [1.165, 1.54) is 31.4 Å². The van der Waals surface area contributed by atoms with Crippen molar-refractivity contribution >= 4 is 5.91 Å². The van der Waals surface area contributed by atoms with Crippen molar-refractivity contribution in [1.82, 2.24) is 20.0 Å². The van der Waals surface area contributed by atoms with Crippen LogP contribution >= 0.6 is 0 Å². The first kappa shape index (κ1) is 17.2. The fraction of sp³-hybridized carbons (Fsp3) is 0.500. The first-order valence-corrected chi connectivity index (χ1v) is 9.55. The summed E-state index contributed by atoms with van der Waals surface area (Å²) in [6, 6.07) is 6.39. The van der Waals surface area contributed by atoms with E-state index in [2.05, 4.69) is 15.3 Å². The van der Waals surface area contributed by atoms with Crippen LogP contribution in [-0.4, -0.2) is 40.2 Å². The van der Waals surface area contributed by atoms with Gasteiger partial charge in [-0.3, -0.25) is 9.69 Å². The first-order valence-electron chi connectivity index (χ1n) is 9.55. The highest BCUT2D eigenvalue weighted by Gasteiger charge is 2.26. The lowest BCUT2D eigenvalue weighted by Crippen LogP contribution is -2.41. The van der Waals surface area contributed by atoms with E-state index < -0.39 is 0 Å². The van der Waals surface area contributed by atoms with Gasteiger partial charge >= 0.3 is 0 Å². The van der Waals surface area contributed by atoms with Crippen LogP contribution in [-0.2, 0) is 11.2 Å². The summed E-state index contributed by atoms with van der Waals surface area (Å²) in [5.41, 5.74) is 3.06. The van der Waals surface area contributed by atoms with Gasteiger partial charge in [-0.25, -0.2) is 9.07 Å². The number of fused-ring (bicyclic) bond motifs is 1. The molecule has 0 saturated carbocycles. The van der Waals surface area contributed by atoms with E-state index in [0.29, 0.717) is 6.54 Å². The largest absolute Gasteiger partial charge is 0.348 e. The SMILES string of the molecule is O=C(CN1CCCCC1)NC1CCCc2c1cnn2-c1ccc(F)cc1. The molecule has 2 aliphatic rings. The second-order valence-electron chi connectivity index (χ2n) is 7.28. The number of piperidine rings is 1. The average Bonchev–Trinajstić information content (AvgIpc) is 3.08. The third kappa shape index (κ3) is 3.65. The minimum absolute atomic E-state index is 0.0187. The molecule has 1 atom stereocenters. The Labute approximate surface area is 153 Å². The fourth-order valence-corrected chi connectivity index (χ4v) is 4.07. The Morgan fingerprint density at radius 2 is 1.92 bits per heavy atom. The zero-order valence-corrected chi connectivity index (χ0v) is 15.0. The van der Waals surface area contributed by atoms with Gasteiger partial charge in [-0.05, 0) is 69.5 Å². The number of nitrogens with one attached hydrogen (secondary N) is 1. The van der Waals surface area contributed by atoms with Crippen LogP contribution in [0.1, 0.15) is 49.4 Å². The highest BCUT2D eigenvalue weighted by molar-refractivity contribution is 5.78. The minimum Gasteiger partial charge on any atom is -0.348 e. The van der Waals surface area contributed by atoms with Crippen LogP contribution in [0.2, 0.25) is 0 Å². The molecule has 0 spiro atoms. The molecule has 1 N–H and O–H groups in total. The normalized spacial score (nSPS) is 20.6. The van der Waals surface area contributed by atoms with Gasteiger partial charge in [0, 0.05) is 11.3 Å². The summed E-state index contributed by atoms with van der Waals surface area (Å²) < 4.78 is 15.1. The van der Waals surface area contributed by atoms with Crippen molar-refractivity contribution in [2.24, 2.45) is 0 Å². The maximum Gasteiger partial charge on any atom is 0.234 e. The summed E-state index contributed by atoms with van der Waals surface area (Å²) in [7, 11) is 0. The molecule has 5 nitrogen and oxygen atoms in total. The molecule has 1 amide bonds. The van der Waals surface area contributed by atoms with E-state index >= 15 is 0 Å². The Hall–Kier alpha value is -2.21. The van der Waals surface area contributed by atoms with Gasteiger partial charge in [0.2, 0.25) is 5.91 Å². The highest BCUT2D eigenvalue weighted by atomic mass is 19.1. The number of benzene rings is 1. The van der Waals surface area contributed by atoms with Crippen molar-refractivity contribution in [2.75, 3.05) is 19.6 Å². The number of nitrogens with zero attached hydrogens (tertiary/aromatic N) is 3. The van der Waals surface area contributed by atoms with Crippen molar-refractivity contribution in [1.29, 1.82) is 0 Å². The van der Waals surface area contributed by atoms with Crippen molar-refractivity contribution in [3.05, 3.63) is 47.5 Å². The van der Waals surface area contributed by atoms with Crippen LogP contribution in [0, 0.1) is 5.82 Å². The summed E-state index contributed by atoms with van der Waals surface area (Å²) in [4.78, 5) is 14.7. The number of likely N-dealkylation sites (tertiary alicyclic amines) is 1. The smallest absolute Gasteiger partial charge is 0.234 e. The third-order valence-electron chi connectivity index (χ3n) is 5.41. The lowest BCUT2D eigenvalue weighted by Gasteiger charge is -2.28. The van der Waals surface area contributed by atoms with Gasteiger partial charge < -0.3 is 5.32 Å². The minimum atomic E-state index is -0.252. The number of hydrogen-bond acceptors (Lipinski definition) is 3. The van der Waals surface area contributed by atoms with Gasteiger partial charge in [0.1, 0.15) is 5.82 Å². The standard InChI is InChI=1S/C20H25FN4O/c21-15-7-9-16(10-8-15)25-19-6-4-5-18(17(19)13-22-25)23-20(26)14-24-11-2-1-3-12-24/h7-10,13,18H,1-6,11-12,14H2,(H,23,26). The molecule has 1 saturated heterocycles. The third-order valence-corrected chi connectivity index (χ3v) is 5.41. The molecular weight excluding hydrogens is 331 g/mol. The number of hydrogen-bond donors (Lipinski definition) is 1. The van der Waals surface area contributed by atoms with E-state index in [0.717, 1.165) is 49.3 Å². The summed E-state index contributed by atoms with van der Waals surface area (Å²) in [6.45, 7) is 2.52. The summed E-state index contributed by atoms with van der Waals surface area (Å²) >= 11 is 0. The molecule has 6 heteroatoms. The summed E-state index contributed by atoms with van der Waals surface area (Å²) in [5.74, 6) is -0.156. The Morgan fingerprint density at radius 3 is 2.69 bits per heavy atom. The molecule has 1 unspecified atom stereocenters. The highest BCUT2D eigenvalue weighted by Crippen LogP contribution is 2.31. The molecule has 4 rings (SSSR count). The fourth-order valence-electron chi connectivity index (χ4n) is 4.07. The lowest BCUT2D eigenvalue weighted by atomic mass is 9.93. The quantitative estimate of drug-likeness (QED) is 0.916. The molecule has 1 aliphatic carbocycles. The van der Waals surface area contributed by atoms with Gasteiger partial charge in [0.25, 0.3) is 0 Å². The first-order chi connectivity index (χ1) is 12.7. The van der Waals surface area contributed by atoms with Crippen LogP contribution in [0.15, 0.2) is 30.5 Å². The van der Waals surface area contributed by atoms with E-state index in [1.807, 2.05) is 10.9 Å². The molecule has 1 aromatic carbocycles. The molecule has 2 aromatic rings. The number of carbonyl (C=O) groups excluding carboxylic acids is 1. The predicted molar refractivity (Wildman–Crippen MR) is 97.6 cm³/mol. The Kier molecular flexibility index (Phi) is 5.02. The zero-order chi connectivity index (χ0) is 17.9. The van der Waals surface area contributed by atoms with Gasteiger partial charge in [-0.2, -0.15) is 5.10 Å². The monoisotopic (exact) mass is 356 g/mol. The summed E-state index contributed by atoms with van der Waals surface area (Å²) in [5, 5.41) is 7.71. The second-order valence-corrected chi connectivity index (χ2v) is 7.28. The predicted octanol–water partition coefficient (Wildman–Crippen LogP) is 2.99. The summed E-state index contributed by atoms with van der Waals surface area (Å²) in [6.07, 6.45) is 8.36. The average molecular weight is 356 g/mol. The Balaban J connectivity index is 1.47. The molecular formula is C20H25FN4O. The van der Waals surface area contributed by atoms with Gasteiger partial charge in [-0.1, -0.05) is 6.42 Å². The zero-order valence-electron chi connectivity index (χ0n) is 15.0. The van der Waals surface area contributed by atoms with Crippen molar-refractivity contribution in [3.8, 4) is 5.69 Å². The van der Waals surface area contributed by atoms with E-state index in [1.54, 1.807) is 12.1 Å². The van der Waals surface area contributed by atoms with Crippen molar-refractivity contribution < 1.29 is 9.18 Å². The van der Waals surface area contributed by atoms with Crippen LogP contribution < -0.4 is 5.32 Å². The molecule has 1 fully saturated rings. The Morgan fingerprint density at radius 1 is 1.15 bits per heavy atom. The molecule has 26 heavy (non-hydrogen) atoms. The molecule has 0 bridgehead atoms. The topological polar surface area (TPSA) is 50.2 Å². The van der Waals surface area contributed by atoms with Crippen LogP contribution in [0.25, 0.3) is 5.69 Å². The van der Waals surface area contributed by atoms with Gasteiger partial charge in [0.15, 0.2) is 0 Å². The van der Waals surface area contributed by atoms with E-state index in [-0.39, 0.29) is 17.8 Å². The maximum atomic E-state index is 13.2. The number of rotatable bonds is 4. The Bertz CT molecular complexity index is 765. The number of amides is 1.